The van der Waals surface area contributed by atoms with Crippen LogP contribution in [0, 0.1) is 5.82 Å². The summed E-state index contributed by atoms with van der Waals surface area (Å²) >= 11 is 12.1. The predicted octanol–water partition coefficient (Wildman–Crippen LogP) is 8.03. The third-order valence-electron chi connectivity index (χ3n) is 6.38. The van der Waals surface area contributed by atoms with Crippen molar-refractivity contribution in [1.29, 1.82) is 0 Å². The summed E-state index contributed by atoms with van der Waals surface area (Å²) in [4.78, 5) is 15.1. The van der Waals surface area contributed by atoms with Crippen molar-refractivity contribution in [2.24, 2.45) is 0 Å². The highest BCUT2D eigenvalue weighted by Gasteiger charge is 2.22. The number of carbonyl (C=O) groups is 1. The van der Waals surface area contributed by atoms with Crippen molar-refractivity contribution in [2.45, 2.75) is 52.0 Å². The maximum atomic E-state index is 14.0. The molecule has 0 fully saturated rings. The molecular formula is C29H31Cl2FN2O2. The van der Waals surface area contributed by atoms with Crippen molar-refractivity contribution in [3.63, 3.8) is 0 Å². The second kappa shape index (κ2) is 11.1. The lowest BCUT2D eigenvalue weighted by Crippen LogP contribution is -2.35. The Kier molecular flexibility index (Phi) is 8.11. The first-order chi connectivity index (χ1) is 17.1. The Balaban J connectivity index is 1.56. The largest absolute Gasteiger partial charge is 0.415 e. The number of rotatable bonds is 6. The molecule has 1 N–H and O–H groups in total. The minimum absolute atomic E-state index is 0.0362. The Morgan fingerprint density at radius 1 is 1.06 bits per heavy atom. The Bertz CT molecular complexity index is 1240. The maximum Gasteiger partial charge on any atom is 0.415 e. The molecule has 0 atom stereocenters. The molecule has 4 nitrogen and oxygen atoms in total. The molecule has 3 aromatic carbocycles. The van der Waals surface area contributed by atoms with Crippen molar-refractivity contribution >= 4 is 35.0 Å². The van der Waals surface area contributed by atoms with Crippen LogP contribution in [0.1, 0.15) is 49.4 Å². The Morgan fingerprint density at radius 3 is 2.47 bits per heavy atom. The van der Waals surface area contributed by atoms with Crippen LogP contribution in [0.15, 0.2) is 54.6 Å². The first-order valence-corrected chi connectivity index (χ1v) is 12.9. The number of halogens is 3. The Hall–Kier alpha value is -2.76. The first-order valence-electron chi connectivity index (χ1n) is 12.2. The lowest BCUT2D eigenvalue weighted by atomic mass is 9.87. The zero-order valence-electron chi connectivity index (χ0n) is 20.8. The van der Waals surface area contributed by atoms with Gasteiger partial charge in [0.25, 0.3) is 0 Å². The van der Waals surface area contributed by atoms with Gasteiger partial charge in [0.2, 0.25) is 0 Å². The van der Waals surface area contributed by atoms with Gasteiger partial charge in [-0.25, -0.2) is 9.18 Å². The fourth-order valence-corrected chi connectivity index (χ4v) is 4.64. The summed E-state index contributed by atoms with van der Waals surface area (Å²) in [6.07, 6.45) is 1.84. The number of hydrogen-bond donors (Lipinski definition) is 1. The third-order valence-corrected chi connectivity index (χ3v) is 6.90. The van der Waals surface area contributed by atoms with Gasteiger partial charge in [0.1, 0.15) is 5.82 Å². The van der Waals surface area contributed by atoms with Crippen molar-refractivity contribution in [1.82, 2.24) is 4.90 Å². The number of ether oxygens (including phenoxy) is 1. The standard InChI is InChI=1S/C29H31Cl2FN2O2/c1-29(2,3)22-9-6-20(7-10-22)18-34(14-12-19-8-11-24(31)25(32)15-19)28(35)36-26-17-23(30)16-21-5-4-13-33-27(21)26/h6-11,15-17,33H,4-5,12-14,18H2,1-3H3. The number of nitrogens with one attached hydrogen (secondary N) is 1. The van der Waals surface area contributed by atoms with E-state index in [0.717, 1.165) is 41.8 Å². The molecule has 1 aliphatic heterocycles. The molecule has 0 spiro atoms. The average Bonchev–Trinajstić information content (AvgIpc) is 2.83. The number of amides is 1. The van der Waals surface area contributed by atoms with Crippen LogP contribution < -0.4 is 10.1 Å². The van der Waals surface area contributed by atoms with Crippen LogP contribution in [-0.4, -0.2) is 24.1 Å². The molecule has 0 saturated heterocycles. The molecule has 0 unspecified atom stereocenters. The smallest absolute Gasteiger partial charge is 0.408 e. The number of nitrogens with zero attached hydrogens (tertiary/aromatic N) is 1. The van der Waals surface area contributed by atoms with Crippen molar-refractivity contribution in [3.8, 4) is 5.75 Å². The van der Waals surface area contributed by atoms with Gasteiger partial charge < -0.3 is 15.0 Å². The topological polar surface area (TPSA) is 41.6 Å². The highest BCUT2D eigenvalue weighted by molar-refractivity contribution is 6.31. The summed E-state index contributed by atoms with van der Waals surface area (Å²) in [5, 5.41) is 3.94. The van der Waals surface area contributed by atoms with Crippen LogP contribution >= 0.6 is 23.2 Å². The molecule has 3 aromatic rings. The van der Waals surface area contributed by atoms with E-state index in [0.29, 0.717) is 30.3 Å². The van der Waals surface area contributed by atoms with Crippen LogP contribution in [0.5, 0.6) is 5.75 Å². The second-order valence-electron chi connectivity index (χ2n) is 10.2. The fourth-order valence-electron chi connectivity index (χ4n) is 4.29. The van der Waals surface area contributed by atoms with Crippen LogP contribution in [0.2, 0.25) is 10.0 Å². The van der Waals surface area contributed by atoms with Gasteiger partial charge in [-0.05, 0) is 65.1 Å². The second-order valence-corrected chi connectivity index (χ2v) is 11.0. The monoisotopic (exact) mass is 528 g/mol. The van der Waals surface area contributed by atoms with E-state index in [9.17, 15) is 9.18 Å². The van der Waals surface area contributed by atoms with E-state index < -0.39 is 11.9 Å². The molecular weight excluding hydrogens is 498 g/mol. The van der Waals surface area contributed by atoms with Crippen LogP contribution in [0.25, 0.3) is 0 Å². The molecule has 0 bridgehead atoms. The van der Waals surface area contributed by atoms with E-state index >= 15 is 0 Å². The minimum atomic E-state index is -0.485. The SMILES string of the molecule is CC(C)(C)c1ccc(CN(CCc2ccc(Cl)c(F)c2)C(=O)Oc2cc(Cl)cc3c2NCCC3)cc1. The molecule has 190 valence electrons. The van der Waals surface area contributed by atoms with Gasteiger partial charge in [0.15, 0.2) is 5.75 Å². The summed E-state index contributed by atoms with van der Waals surface area (Å²) in [6.45, 7) is 8.00. The van der Waals surface area contributed by atoms with Gasteiger partial charge in [-0.1, -0.05) is 74.3 Å². The van der Waals surface area contributed by atoms with Gasteiger partial charge in [0, 0.05) is 30.7 Å². The van der Waals surface area contributed by atoms with Crippen LogP contribution in [0.4, 0.5) is 14.9 Å². The molecule has 1 heterocycles. The summed E-state index contributed by atoms with van der Waals surface area (Å²) in [6, 6.07) is 16.5. The Morgan fingerprint density at radius 2 is 1.78 bits per heavy atom. The number of fused-ring (bicyclic) bond motifs is 1. The van der Waals surface area contributed by atoms with Gasteiger partial charge in [-0.15, -0.1) is 0 Å². The predicted molar refractivity (Wildman–Crippen MR) is 145 cm³/mol. The highest BCUT2D eigenvalue weighted by atomic mass is 35.5. The first kappa shape index (κ1) is 26.3. The highest BCUT2D eigenvalue weighted by Crippen LogP contribution is 2.36. The van der Waals surface area contributed by atoms with Crippen LogP contribution in [0.3, 0.4) is 0 Å². The average molecular weight is 529 g/mol. The quantitative estimate of drug-likeness (QED) is 0.352. The minimum Gasteiger partial charge on any atom is -0.408 e. The van der Waals surface area contributed by atoms with E-state index in [2.05, 4.69) is 38.2 Å². The Labute approximate surface area is 222 Å². The number of benzene rings is 3. The van der Waals surface area contributed by atoms with E-state index in [4.69, 9.17) is 27.9 Å². The number of aryl methyl sites for hydroxylation is 1. The van der Waals surface area contributed by atoms with E-state index in [1.807, 2.05) is 18.2 Å². The van der Waals surface area contributed by atoms with Gasteiger partial charge in [0.05, 0.1) is 10.7 Å². The summed E-state index contributed by atoms with van der Waals surface area (Å²) < 4.78 is 19.9. The van der Waals surface area contributed by atoms with E-state index in [1.54, 1.807) is 17.0 Å². The molecule has 0 radical (unpaired) electrons. The van der Waals surface area contributed by atoms with Gasteiger partial charge in [-0.2, -0.15) is 0 Å². The van der Waals surface area contributed by atoms with E-state index in [-0.39, 0.29) is 10.4 Å². The number of anilines is 1. The van der Waals surface area contributed by atoms with Crippen molar-refractivity contribution < 1.29 is 13.9 Å². The molecule has 0 aromatic heterocycles. The van der Waals surface area contributed by atoms with Crippen LogP contribution in [-0.2, 0) is 24.8 Å². The lowest BCUT2D eigenvalue weighted by Gasteiger charge is -2.26. The molecule has 7 heteroatoms. The number of carbonyl (C=O) groups excluding carboxylic acids is 1. The van der Waals surface area contributed by atoms with Crippen molar-refractivity contribution in [3.05, 3.63) is 92.7 Å². The zero-order valence-corrected chi connectivity index (χ0v) is 22.3. The summed E-state index contributed by atoms with van der Waals surface area (Å²) in [7, 11) is 0. The maximum absolute atomic E-state index is 14.0. The molecule has 1 aliphatic rings. The summed E-state index contributed by atoms with van der Waals surface area (Å²) in [5.41, 5.74) is 4.83. The molecule has 36 heavy (non-hydrogen) atoms. The fraction of sp³-hybridized carbons (Fsp3) is 0.345. The van der Waals surface area contributed by atoms with Gasteiger partial charge in [-0.3, -0.25) is 0 Å². The van der Waals surface area contributed by atoms with E-state index in [1.165, 1.54) is 17.7 Å². The number of hydrogen-bond acceptors (Lipinski definition) is 3. The molecule has 0 aliphatic carbocycles. The molecule has 0 saturated carbocycles. The zero-order chi connectivity index (χ0) is 25.9. The molecule has 1 amide bonds. The normalized spacial score (nSPS) is 13.1. The van der Waals surface area contributed by atoms with Gasteiger partial charge >= 0.3 is 6.09 Å². The summed E-state index contributed by atoms with van der Waals surface area (Å²) in [5.74, 6) is -0.0505. The molecule has 4 rings (SSSR count). The van der Waals surface area contributed by atoms with Crippen molar-refractivity contribution in [2.75, 3.05) is 18.4 Å². The third kappa shape index (κ3) is 6.51. The lowest BCUT2D eigenvalue weighted by molar-refractivity contribution is 0.150.